The molecule has 0 aliphatic rings. The number of halogens is 1. The van der Waals surface area contributed by atoms with Crippen LogP contribution in [0.1, 0.15) is 5.69 Å². The fourth-order valence-electron chi connectivity index (χ4n) is 1.37. The van der Waals surface area contributed by atoms with E-state index in [1.807, 2.05) is 6.07 Å². The van der Waals surface area contributed by atoms with E-state index in [0.29, 0.717) is 16.6 Å². The summed E-state index contributed by atoms with van der Waals surface area (Å²) in [6.07, 6.45) is 0. The average Bonchev–Trinajstić information content (AvgIpc) is 2.23. The first-order valence-corrected chi connectivity index (χ1v) is 4.52. The van der Waals surface area contributed by atoms with E-state index in [9.17, 15) is 4.79 Å². The van der Waals surface area contributed by atoms with Gasteiger partial charge in [0, 0.05) is 10.9 Å². The summed E-state index contributed by atoms with van der Waals surface area (Å²) in [5.74, 6) is 0. The lowest BCUT2D eigenvalue weighted by Gasteiger charge is -2.03. The van der Waals surface area contributed by atoms with E-state index in [-0.39, 0.29) is 17.1 Å². The van der Waals surface area contributed by atoms with Crippen LogP contribution >= 0.6 is 11.6 Å². The minimum absolute atomic E-state index is 0.0613. The number of aromatic nitrogens is 1. The molecule has 0 unspecified atom stereocenters. The second kappa shape index (κ2) is 3.44. The zero-order chi connectivity index (χ0) is 10.1. The Bertz CT molecular complexity index is 533. The molecule has 2 N–H and O–H groups in total. The van der Waals surface area contributed by atoms with Gasteiger partial charge in [0.1, 0.15) is 5.02 Å². The lowest BCUT2D eigenvalue weighted by atomic mass is 10.2. The quantitative estimate of drug-likeness (QED) is 0.751. The van der Waals surface area contributed by atoms with Crippen molar-refractivity contribution in [3.63, 3.8) is 0 Å². The Labute approximate surface area is 85.0 Å². The van der Waals surface area contributed by atoms with Crippen LogP contribution in [0, 0.1) is 0 Å². The zero-order valence-corrected chi connectivity index (χ0v) is 8.01. The maximum Gasteiger partial charge on any atom is 0.208 e. The maximum atomic E-state index is 11.6. The molecule has 0 saturated carbocycles. The molecule has 2 aromatic rings. The topological polar surface area (TPSA) is 53.1 Å². The van der Waals surface area contributed by atoms with Gasteiger partial charge in [0.2, 0.25) is 5.43 Å². The van der Waals surface area contributed by atoms with Gasteiger partial charge in [0.05, 0.1) is 12.3 Å². The maximum absolute atomic E-state index is 11.6. The van der Waals surface area contributed by atoms with E-state index >= 15 is 0 Å². The fourth-order valence-corrected chi connectivity index (χ4v) is 1.58. The van der Waals surface area contributed by atoms with Crippen LogP contribution in [-0.2, 0) is 6.61 Å². The van der Waals surface area contributed by atoms with Gasteiger partial charge in [-0.15, -0.1) is 0 Å². The predicted molar refractivity (Wildman–Crippen MR) is 55.5 cm³/mol. The highest BCUT2D eigenvalue weighted by Crippen LogP contribution is 2.14. The number of para-hydroxylation sites is 1. The Hall–Kier alpha value is -1.32. The van der Waals surface area contributed by atoms with E-state index in [2.05, 4.69) is 4.98 Å². The molecule has 0 amide bonds. The van der Waals surface area contributed by atoms with E-state index in [4.69, 9.17) is 16.7 Å². The largest absolute Gasteiger partial charge is 0.390 e. The molecule has 0 radical (unpaired) electrons. The second-order valence-corrected chi connectivity index (χ2v) is 3.33. The molecule has 2 rings (SSSR count). The first kappa shape index (κ1) is 9.24. The standard InChI is InChI=1S/C10H8ClNO2/c11-9-8(5-13)12-7-4-2-1-3-6(7)10(9)14/h1-4,13H,5H2,(H,12,14). The molecule has 0 bridgehead atoms. The number of fused-ring (bicyclic) bond motifs is 1. The molecule has 3 nitrogen and oxygen atoms in total. The van der Waals surface area contributed by atoms with Crippen molar-refractivity contribution in [3.8, 4) is 0 Å². The Morgan fingerprint density at radius 2 is 2.07 bits per heavy atom. The highest BCUT2D eigenvalue weighted by molar-refractivity contribution is 6.31. The van der Waals surface area contributed by atoms with E-state index in [0.717, 1.165) is 0 Å². The van der Waals surface area contributed by atoms with Gasteiger partial charge < -0.3 is 10.1 Å². The van der Waals surface area contributed by atoms with Crippen LogP contribution in [0.5, 0.6) is 0 Å². The average molecular weight is 210 g/mol. The summed E-state index contributed by atoms with van der Waals surface area (Å²) in [4.78, 5) is 14.5. The van der Waals surface area contributed by atoms with Crippen LogP contribution in [-0.4, -0.2) is 10.1 Å². The molecule has 72 valence electrons. The molecule has 0 atom stereocenters. The van der Waals surface area contributed by atoms with Crippen LogP contribution in [0.2, 0.25) is 5.02 Å². The number of aromatic amines is 1. The summed E-state index contributed by atoms with van der Waals surface area (Å²) in [6.45, 7) is -0.265. The predicted octanol–water partition coefficient (Wildman–Crippen LogP) is 1.67. The molecular weight excluding hydrogens is 202 g/mol. The number of benzene rings is 1. The van der Waals surface area contributed by atoms with Crippen molar-refractivity contribution in [3.05, 3.63) is 45.2 Å². The van der Waals surface area contributed by atoms with Gasteiger partial charge in [-0.25, -0.2) is 0 Å². The van der Waals surface area contributed by atoms with Gasteiger partial charge in [-0.3, -0.25) is 4.79 Å². The van der Waals surface area contributed by atoms with Crippen molar-refractivity contribution >= 4 is 22.5 Å². The number of aliphatic hydroxyl groups excluding tert-OH is 1. The Morgan fingerprint density at radius 1 is 1.36 bits per heavy atom. The molecule has 0 fully saturated rings. The number of nitrogens with one attached hydrogen (secondary N) is 1. The molecule has 0 spiro atoms. The number of aliphatic hydroxyl groups is 1. The van der Waals surface area contributed by atoms with Crippen molar-refractivity contribution in [2.24, 2.45) is 0 Å². The second-order valence-electron chi connectivity index (χ2n) is 2.95. The molecule has 0 saturated heterocycles. The third kappa shape index (κ3) is 1.31. The van der Waals surface area contributed by atoms with Crippen LogP contribution in [0.3, 0.4) is 0 Å². The van der Waals surface area contributed by atoms with E-state index in [1.165, 1.54) is 0 Å². The van der Waals surface area contributed by atoms with Crippen molar-refractivity contribution in [1.82, 2.24) is 4.98 Å². The smallest absolute Gasteiger partial charge is 0.208 e. The van der Waals surface area contributed by atoms with Gasteiger partial charge in [-0.05, 0) is 12.1 Å². The minimum Gasteiger partial charge on any atom is -0.390 e. The highest BCUT2D eigenvalue weighted by atomic mass is 35.5. The molecule has 14 heavy (non-hydrogen) atoms. The summed E-state index contributed by atoms with van der Waals surface area (Å²) in [7, 11) is 0. The molecular formula is C10H8ClNO2. The minimum atomic E-state index is -0.265. The Balaban J connectivity index is 2.92. The SMILES string of the molecule is O=c1c(Cl)c(CO)[nH]c2ccccc12. The monoisotopic (exact) mass is 209 g/mol. The van der Waals surface area contributed by atoms with Crippen molar-refractivity contribution in [1.29, 1.82) is 0 Å². The van der Waals surface area contributed by atoms with Crippen LogP contribution in [0.15, 0.2) is 29.1 Å². The van der Waals surface area contributed by atoms with Crippen molar-refractivity contribution < 1.29 is 5.11 Å². The van der Waals surface area contributed by atoms with Gasteiger partial charge >= 0.3 is 0 Å². The molecule has 1 heterocycles. The first-order chi connectivity index (χ1) is 6.74. The third-order valence-corrected chi connectivity index (χ3v) is 2.48. The van der Waals surface area contributed by atoms with Crippen molar-refractivity contribution in [2.75, 3.05) is 0 Å². The summed E-state index contributed by atoms with van der Waals surface area (Å²) in [5.41, 5.74) is 0.798. The third-order valence-electron chi connectivity index (χ3n) is 2.08. The number of rotatable bonds is 1. The van der Waals surface area contributed by atoms with E-state index < -0.39 is 0 Å². The molecule has 4 heteroatoms. The van der Waals surface area contributed by atoms with Gasteiger partial charge in [0.25, 0.3) is 0 Å². The Morgan fingerprint density at radius 3 is 2.79 bits per heavy atom. The number of H-pyrrole nitrogens is 1. The van der Waals surface area contributed by atoms with Gasteiger partial charge in [0.15, 0.2) is 0 Å². The first-order valence-electron chi connectivity index (χ1n) is 4.14. The van der Waals surface area contributed by atoms with Crippen molar-refractivity contribution in [2.45, 2.75) is 6.61 Å². The van der Waals surface area contributed by atoms with Gasteiger partial charge in [-0.1, -0.05) is 23.7 Å². The summed E-state index contributed by atoms with van der Waals surface area (Å²) in [5, 5.41) is 9.55. The fraction of sp³-hybridized carbons (Fsp3) is 0.100. The zero-order valence-electron chi connectivity index (χ0n) is 7.25. The Kier molecular flexibility index (Phi) is 2.27. The number of hydrogen-bond donors (Lipinski definition) is 2. The number of hydrogen-bond acceptors (Lipinski definition) is 2. The lowest BCUT2D eigenvalue weighted by molar-refractivity contribution is 0.277. The molecule has 1 aromatic carbocycles. The molecule has 0 aliphatic heterocycles. The highest BCUT2D eigenvalue weighted by Gasteiger charge is 2.07. The summed E-state index contributed by atoms with van der Waals surface area (Å²) < 4.78 is 0. The lowest BCUT2D eigenvalue weighted by Crippen LogP contribution is -2.08. The molecule has 1 aromatic heterocycles. The van der Waals surface area contributed by atoms with E-state index in [1.54, 1.807) is 18.2 Å². The van der Waals surface area contributed by atoms with Crippen LogP contribution in [0.25, 0.3) is 10.9 Å². The summed E-state index contributed by atoms with van der Waals surface area (Å²) in [6, 6.07) is 7.05. The van der Waals surface area contributed by atoms with Gasteiger partial charge in [-0.2, -0.15) is 0 Å². The number of pyridine rings is 1. The normalized spacial score (nSPS) is 10.7. The summed E-state index contributed by atoms with van der Waals surface area (Å²) >= 11 is 5.77. The van der Waals surface area contributed by atoms with Crippen LogP contribution < -0.4 is 5.43 Å². The van der Waals surface area contributed by atoms with Crippen LogP contribution in [0.4, 0.5) is 0 Å². The molecule has 0 aliphatic carbocycles.